The van der Waals surface area contributed by atoms with E-state index in [0.717, 1.165) is 22.5 Å². The summed E-state index contributed by atoms with van der Waals surface area (Å²) in [5, 5.41) is 15.8. The standard InChI is InChI=1S/C13H14N4O2S/c14-16-13(20-8-12(18)19)17(15)11-7-3-5-9-4-1-2-6-10(9)11/h1-7H,8,14-15H2,(H,18,19)/b16-13+. The number of amidine groups is 1. The normalized spacial score (nSPS) is 11.6. The highest BCUT2D eigenvalue weighted by atomic mass is 32.2. The smallest absolute Gasteiger partial charge is 0.313 e. The van der Waals surface area contributed by atoms with E-state index in [1.807, 2.05) is 42.5 Å². The first-order chi connectivity index (χ1) is 9.63. The number of benzene rings is 2. The molecule has 6 nitrogen and oxygen atoms in total. The third-order valence-electron chi connectivity index (χ3n) is 2.67. The molecular weight excluding hydrogens is 276 g/mol. The van der Waals surface area contributed by atoms with Crippen molar-refractivity contribution in [2.75, 3.05) is 10.8 Å². The van der Waals surface area contributed by atoms with E-state index in [-0.39, 0.29) is 10.9 Å². The molecule has 0 aromatic heterocycles. The van der Waals surface area contributed by atoms with Crippen LogP contribution in [0.5, 0.6) is 0 Å². The van der Waals surface area contributed by atoms with E-state index in [1.54, 1.807) is 0 Å². The van der Waals surface area contributed by atoms with Gasteiger partial charge in [0.15, 0.2) is 0 Å². The quantitative estimate of drug-likeness (QED) is 0.343. The summed E-state index contributed by atoms with van der Waals surface area (Å²) in [6, 6.07) is 13.4. The van der Waals surface area contributed by atoms with Crippen LogP contribution in [-0.4, -0.2) is 22.0 Å². The van der Waals surface area contributed by atoms with Crippen LogP contribution < -0.4 is 16.7 Å². The lowest BCUT2D eigenvalue weighted by Gasteiger charge is -2.20. The second-order valence-electron chi connectivity index (χ2n) is 3.96. The van der Waals surface area contributed by atoms with Crippen LogP contribution in [0.2, 0.25) is 0 Å². The first-order valence-corrected chi connectivity index (χ1v) is 6.77. The Kier molecular flexibility index (Phi) is 4.44. The highest BCUT2D eigenvalue weighted by Crippen LogP contribution is 2.26. The molecule has 0 spiro atoms. The molecule has 0 aliphatic heterocycles. The predicted molar refractivity (Wildman–Crippen MR) is 82.3 cm³/mol. The highest BCUT2D eigenvalue weighted by molar-refractivity contribution is 8.14. The number of rotatable bonds is 3. The predicted octanol–water partition coefficient (Wildman–Crippen LogP) is 1.57. The molecule has 20 heavy (non-hydrogen) atoms. The average Bonchev–Trinajstić information content (AvgIpc) is 2.46. The molecule has 0 fully saturated rings. The van der Waals surface area contributed by atoms with Crippen molar-refractivity contribution in [3.8, 4) is 0 Å². The number of fused-ring (bicyclic) bond motifs is 1. The summed E-state index contributed by atoms with van der Waals surface area (Å²) in [6.07, 6.45) is 0. The van der Waals surface area contributed by atoms with E-state index in [0.29, 0.717) is 5.69 Å². The second-order valence-corrected chi connectivity index (χ2v) is 4.90. The van der Waals surface area contributed by atoms with Crippen LogP contribution >= 0.6 is 11.8 Å². The maximum absolute atomic E-state index is 10.6. The van der Waals surface area contributed by atoms with Gasteiger partial charge in [-0.1, -0.05) is 48.2 Å². The molecule has 2 aromatic rings. The largest absolute Gasteiger partial charge is 0.481 e. The molecule has 0 aliphatic rings. The molecule has 0 saturated carbocycles. The Hall–Kier alpha value is -2.25. The van der Waals surface area contributed by atoms with E-state index in [9.17, 15) is 4.79 Å². The van der Waals surface area contributed by atoms with E-state index in [2.05, 4.69) is 5.10 Å². The fourth-order valence-corrected chi connectivity index (χ4v) is 2.38. The zero-order valence-electron chi connectivity index (χ0n) is 10.6. The Labute approximate surface area is 120 Å². The SMILES string of the molecule is N/N=C(/SCC(=O)O)N(N)c1cccc2ccccc12. The Bertz CT molecular complexity index is 654. The highest BCUT2D eigenvalue weighted by Gasteiger charge is 2.14. The zero-order valence-corrected chi connectivity index (χ0v) is 11.4. The molecule has 2 rings (SSSR count). The molecule has 0 aliphatic carbocycles. The summed E-state index contributed by atoms with van der Waals surface area (Å²) in [6.45, 7) is 0. The summed E-state index contributed by atoms with van der Waals surface area (Å²) in [4.78, 5) is 10.6. The topological polar surface area (TPSA) is 105 Å². The molecule has 5 N–H and O–H groups in total. The number of carbonyl (C=O) groups is 1. The summed E-state index contributed by atoms with van der Waals surface area (Å²) < 4.78 is 0. The van der Waals surface area contributed by atoms with Crippen LogP contribution in [0.25, 0.3) is 10.8 Å². The van der Waals surface area contributed by atoms with Crippen molar-refractivity contribution in [1.82, 2.24) is 0 Å². The van der Waals surface area contributed by atoms with Gasteiger partial charge in [-0.15, -0.1) is 0 Å². The Balaban J connectivity index is 2.35. The molecule has 2 aromatic carbocycles. The van der Waals surface area contributed by atoms with Gasteiger partial charge in [-0.3, -0.25) is 9.80 Å². The molecule has 0 bridgehead atoms. The number of aliphatic carboxylic acids is 1. The Morgan fingerprint density at radius 1 is 1.25 bits per heavy atom. The first-order valence-electron chi connectivity index (χ1n) is 5.78. The first kappa shape index (κ1) is 14.2. The Morgan fingerprint density at radius 2 is 1.95 bits per heavy atom. The molecule has 7 heteroatoms. The summed E-state index contributed by atoms with van der Waals surface area (Å²) in [5.74, 6) is 10.2. The van der Waals surface area contributed by atoms with Gasteiger partial charge in [0.05, 0.1) is 11.4 Å². The number of hydrazine groups is 1. The number of hydrogen-bond donors (Lipinski definition) is 3. The van der Waals surface area contributed by atoms with Gasteiger partial charge in [0.1, 0.15) is 0 Å². The molecule has 0 atom stereocenters. The van der Waals surface area contributed by atoms with Crippen molar-refractivity contribution in [2.45, 2.75) is 0 Å². The van der Waals surface area contributed by atoms with Crippen LogP contribution in [0.15, 0.2) is 47.6 Å². The number of carboxylic acid groups (broad SMARTS) is 1. The van der Waals surface area contributed by atoms with Crippen LogP contribution in [-0.2, 0) is 4.79 Å². The number of nitrogens with two attached hydrogens (primary N) is 2. The van der Waals surface area contributed by atoms with Gasteiger partial charge < -0.3 is 10.9 Å². The monoisotopic (exact) mass is 290 g/mol. The molecule has 0 amide bonds. The van der Waals surface area contributed by atoms with Gasteiger partial charge in [-0.05, 0) is 11.5 Å². The number of thioether (sulfide) groups is 1. The van der Waals surface area contributed by atoms with Crippen molar-refractivity contribution in [2.24, 2.45) is 16.8 Å². The fraction of sp³-hybridized carbons (Fsp3) is 0.0769. The van der Waals surface area contributed by atoms with E-state index in [4.69, 9.17) is 16.8 Å². The number of nitrogens with zero attached hydrogens (tertiary/aromatic N) is 2. The molecule has 0 saturated heterocycles. The number of hydrazone groups is 1. The van der Waals surface area contributed by atoms with Crippen molar-refractivity contribution in [3.05, 3.63) is 42.5 Å². The van der Waals surface area contributed by atoms with Crippen molar-refractivity contribution >= 4 is 39.4 Å². The minimum Gasteiger partial charge on any atom is -0.481 e. The molecule has 0 radical (unpaired) electrons. The van der Waals surface area contributed by atoms with Crippen LogP contribution in [0.3, 0.4) is 0 Å². The van der Waals surface area contributed by atoms with Crippen LogP contribution in [0.1, 0.15) is 0 Å². The Morgan fingerprint density at radius 3 is 2.65 bits per heavy atom. The maximum atomic E-state index is 10.6. The lowest BCUT2D eigenvalue weighted by Crippen LogP contribution is -2.37. The van der Waals surface area contributed by atoms with Gasteiger partial charge in [0, 0.05) is 5.39 Å². The van der Waals surface area contributed by atoms with Gasteiger partial charge in [-0.25, -0.2) is 5.84 Å². The maximum Gasteiger partial charge on any atom is 0.313 e. The second kappa shape index (κ2) is 6.27. The van der Waals surface area contributed by atoms with Gasteiger partial charge >= 0.3 is 5.97 Å². The average molecular weight is 290 g/mol. The fourth-order valence-electron chi connectivity index (χ4n) is 1.82. The van der Waals surface area contributed by atoms with E-state index < -0.39 is 5.97 Å². The molecule has 104 valence electrons. The number of anilines is 1. The summed E-state index contributed by atoms with van der Waals surface area (Å²) >= 11 is 0.968. The lowest BCUT2D eigenvalue weighted by molar-refractivity contribution is -0.133. The number of hydrogen-bond acceptors (Lipinski definition) is 5. The minimum atomic E-state index is -0.956. The van der Waals surface area contributed by atoms with Crippen LogP contribution in [0.4, 0.5) is 5.69 Å². The zero-order chi connectivity index (χ0) is 14.5. The van der Waals surface area contributed by atoms with E-state index in [1.165, 1.54) is 5.01 Å². The van der Waals surface area contributed by atoms with Gasteiger partial charge in [0.25, 0.3) is 0 Å². The molecule has 0 heterocycles. The van der Waals surface area contributed by atoms with Crippen LogP contribution in [0, 0.1) is 0 Å². The minimum absolute atomic E-state index is 0.158. The summed E-state index contributed by atoms with van der Waals surface area (Å²) in [7, 11) is 0. The van der Waals surface area contributed by atoms with E-state index >= 15 is 0 Å². The third-order valence-corrected chi connectivity index (χ3v) is 3.62. The third kappa shape index (κ3) is 3.01. The van der Waals surface area contributed by atoms with Crippen molar-refractivity contribution in [1.29, 1.82) is 0 Å². The molecule has 0 unspecified atom stereocenters. The van der Waals surface area contributed by atoms with Crippen molar-refractivity contribution in [3.63, 3.8) is 0 Å². The van der Waals surface area contributed by atoms with Gasteiger partial charge in [-0.2, -0.15) is 5.10 Å². The van der Waals surface area contributed by atoms with Crippen molar-refractivity contribution < 1.29 is 9.90 Å². The summed E-state index contributed by atoms with van der Waals surface area (Å²) in [5.41, 5.74) is 0.713. The lowest BCUT2D eigenvalue weighted by atomic mass is 10.1. The number of carboxylic acids is 1. The molecular formula is C13H14N4O2S. The van der Waals surface area contributed by atoms with Gasteiger partial charge in [0.2, 0.25) is 5.17 Å².